The lowest BCUT2D eigenvalue weighted by molar-refractivity contribution is -0.143. The number of amides is 2. The highest BCUT2D eigenvalue weighted by molar-refractivity contribution is 5.83. The van der Waals surface area contributed by atoms with Crippen LogP contribution in [0.1, 0.15) is 33.1 Å². The first-order valence-corrected chi connectivity index (χ1v) is 6.76. The van der Waals surface area contributed by atoms with Crippen LogP contribution in [-0.2, 0) is 9.53 Å². The molecule has 0 aliphatic carbocycles. The maximum atomic E-state index is 12.2. The number of carboxylic acid groups (broad SMARTS) is 1. The van der Waals surface area contributed by atoms with Crippen LogP contribution in [-0.4, -0.2) is 54.4 Å². The molecule has 1 heterocycles. The lowest BCUT2D eigenvalue weighted by Crippen LogP contribution is -2.55. The van der Waals surface area contributed by atoms with E-state index in [1.807, 2.05) is 13.8 Å². The van der Waals surface area contributed by atoms with E-state index in [4.69, 9.17) is 9.84 Å². The van der Waals surface area contributed by atoms with E-state index < -0.39 is 12.0 Å². The minimum Gasteiger partial charge on any atom is -0.480 e. The minimum absolute atomic E-state index is 0.103. The zero-order valence-corrected chi connectivity index (χ0v) is 11.9. The van der Waals surface area contributed by atoms with Crippen LogP contribution in [0.15, 0.2) is 0 Å². The lowest BCUT2D eigenvalue weighted by atomic mass is 10.0. The summed E-state index contributed by atoms with van der Waals surface area (Å²) in [5.74, 6) is -0.695. The van der Waals surface area contributed by atoms with Crippen molar-refractivity contribution < 1.29 is 19.4 Å². The maximum absolute atomic E-state index is 12.2. The molecule has 0 radical (unpaired) electrons. The maximum Gasteiger partial charge on any atom is 0.326 e. The number of nitrogens with zero attached hydrogens (tertiary/aromatic N) is 1. The SMILES string of the molecule is COCC(NC(=O)N1CCCCC1C(=O)O)C(C)C. The second-order valence-corrected chi connectivity index (χ2v) is 5.30. The average molecular weight is 272 g/mol. The molecule has 2 unspecified atom stereocenters. The van der Waals surface area contributed by atoms with Crippen molar-refractivity contribution in [1.82, 2.24) is 10.2 Å². The highest BCUT2D eigenvalue weighted by atomic mass is 16.5. The van der Waals surface area contributed by atoms with Gasteiger partial charge in [0.2, 0.25) is 0 Å². The number of ether oxygens (including phenoxy) is 1. The Morgan fingerprint density at radius 1 is 1.42 bits per heavy atom. The molecular formula is C13H24N2O4. The molecule has 110 valence electrons. The summed E-state index contributed by atoms with van der Waals surface area (Å²) < 4.78 is 5.08. The fraction of sp³-hybridized carbons (Fsp3) is 0.846. The number of hydrogen-bond donors (Lipinski definition) is 2. The molecule has 1 saturated heterocycles. The predicted molar refractivity (Wildman–Crippen MR) is 71.0 cm³/mol. The number of piperidine rings is 1. The number of hydrogen-bond acceptors (Lipinski definition) is 3. The van der Waals surface area contributed by atoms with Crippen LogP contribution in [0.2, 0.25) is 0 Å². The number of carbonyl (C=O) groups excluding carboxylic acids is 1. The summed E-state index contributed by atoms with van der Waals surface area (Å²) in [6.07, 6.45) is 2.24. The van der Waals surface area contributed by atoms with Gasteiger partial charge in [-0.25, -0.2) is 9.59 Å². The highest BCUT2D eigenvalue weighted by Gasteiger charge is 2.33. The summed E-state index contributed by atoms with van der Waals surface area (Å²) in [6, 6.07) is -1.11. The molecule has 0 aromatic rings. The molecule has 1 fully saturated rings. The van der Waals surface area contributed by atoms with E-state index in [-0.39, 0.29) is 18.0 Å². The van der Waals surface area contributed by atoms with E-state index >= 15 is 0 Å². The van der Waals surface area contributed by atoms with Gasteiger partial charge in [-0.1, -0.05) is 13.8 Å². The average Bonchev–Trinajstić information content (AvgIpc) is 2.37. The standard InChI is InChI=1S/C13H24N2O4/c1-9(2)10(8-19-3)14-13(18)15-7-5-4-6-11(15)12(16)17/h9-11H,4-8H2,1-3H3,(H,14,18)(H,16,17). The largest absolute Gasteiger partial charge is 0.480 e. The normalized spacial score (nSPS) is 21.3. The topological polar surface area (TPSA) is 78.9 Å². The first kappa shape index (κ1) is 15.8. The summed E-state index contributed by atoms with van der Waals surface area (Å²) in [4.78, 5) is 24.8. The quantitative estimate of drug-likeness (QED) is 0.791. The van der Waals surface area contributed by atoms with Gasteiger partial charge in [0, 0.05) is 13.7 Å². The number of rotatable bonds is 5. The Balaban J connectivity index is 2.66. The number of likely N-dealkylation sites (tertiary alicyclic amines) is 1. The van der Waals surface area contributed by atoms with Gasteiger partial charge in [-0.3, -0.25) is 0 Å². The van der Waals surface area contributed by atoms with Crippen LogP contribution >= 0.6 is 0 Å². The Morgan fingerprint density at radius 3 is 2.63 bits per heavy atom. The van der Waals surface area contributed by atoms with E-state index in [1.54, 1.807) is 7.11 Å². The van der Waals surface area contributed by atoms with E-state index in [0.717, 1.165) is 12.8 Å². The summed E-state index contributed by atoms with van der Waals surface area (Å²) in [5, 5.41) is 12.0. The van der Waals surface area contributed by atoms with Crippen LogP contribution < -0.4 is 5.32 Å². The molecule has 0 aromatic carbocycles. The van der Waals surface area contributed by atoms with Crippen LogP contribution in [0.5, 0.6) is 0 Å². The molecule has 0 saturated carbocycles. The van der Waals surface area contributed by atoms with Crippen LogP contribution in [0.3, 0.4) is 0 Å². The summed E-state index contributed by atoms with van der Waals surface area (Å²) in [6.45, 7) is 4.92. The van der Waals surface area contributed by atoms with Gasteiger partial charge in [0.1, 0.15) is 6.04 Å². The number of nitrogens with one attached hydrogen (secondary N) is 1. The van der Waals surface area contributed by atoms with Gasteiger partial charge in [0.25, 0.3) is 0 Å². The van der Waals surface area contributed by atoms with Crippen molar-refractivity contribution in [2.75, 3.05) is 20.3 Å². The fourth-order valence-electron chi connectivity index (χ4n) is 2.25. The Bertz CT molecular complexity index is 320. The second-order valence-electron chi connectivity index (χ2n) is 5.30. The van der Waals surface area contributed by atoms with Crippen molar-refractivity contribution in [3.63, 3.8) is 0 Å². The van der Waals surface area contributed by atoms with Crippen LogP contribution in [0.25, 0.3) is 0 Å². The summed E-state index contributed by atoms with van der Waals surface area (Å²) in [7, 11) is 1.59. The number of methoxy groups -OCH3 is 1. The monoisotopic (exact) mass is 272 g/mol. The third-order valence-electron chi connectivity index (χ3n) is 3.51. The zero-order chi connectivity index (χ0) is 14.4. The molecule has 2 N–H and O–H groups in total. The van der Waals surface area contributed by atoms with Crippen molar-refractivity contribution in [3.05, 3.63) is 0 Å². The van der Waals surface area contributed by atoms with E-state index in [2.05, 4.69) is 5.32 Å². The predicted octanol–water partition coefficient (Wildman–Crippen LogP) is 1.31. The van der Waals surface area contributed by atoms with Gasteiger partial charge in [-0.2, -0.15) is 0 Å². The van der Waals surface area contributed by atoms with E-state index in [1.165, 1.54) is 4.90 Å². The van der Waals surface area contributed by atoms with Gasteiger partial charge in [-0.15, -0.1) is 0 Å². The molecule has 2 atom stereocenters. The molecular weight excluding hydrogens is 248 g/mol. The third kappa shape index (κ3) is 4.38. The Labute approximate surface area is 114 Å². The third-order valence-corrected chi connectivity index (χ3v) is 3.51. The lowest BCUT2D eigenvalue weighted by Gasteiger charge is -2.34. The number of aliphatic carboxylic acids is 1. The number of carboxylic acids is 1. The van der Waals surface area contributed by atoms with Gasteiger partial charge >= 0.3 is 12.0 Å². The molecule has 0 aromatic heterocycles. The van der Waals surface area contributed by atoms with Crippen molar-refractivity contribution in [3.8, 4) is 0 Å². The molecule has 6 nitrogen and oxygen atoms in total. The molecule has 0 bridgehead atoms. The molecule has 0 spiro atoms. The number of carbonyl (C=O) groups is 2. The Morgan fingerprint density at radius 2 is 2.11 bits per heavy atom. The smallest absolute Gasteiger partial charge is 0.326 e. The van der Waals surface area contributed by atoms with Crippen molar-refractivity contribution in [1.29, 1.82) is 0 Å². The Hall–Kier alpha value is -1.30. The summed E-state index contributed by atoms with van der Waals surface area (Å²) in [5.41, 5.74) is 0. The van der Waals surface area contributed by atoms with Crippen LogP contribution in [0, 0.1) is 5.92 Å². The first-order chi connectivity index (χ1) is 8.97. The zero-order valence-electron chi connectivity index (χ0n) is 11.9. The summed E-state index contributed by atoms with van der Waals surface area (Å²) >= 11 is 0. The van der Waals surface area contributed by atoms with Crippen molar-refractivity contribution >= 4 is 12.0 Å². The van der Waals surface area contributed by atoms with Gasteiger partial charge in [-0.05, 0) is 25.2 Å². The molecule has 2 amide bonds. The molecule has 19 heavy (non-hydrogen) atoms. The molecule has 1 aliphatic heterocycles. The fourth-order valence-corrected chi connectivity index (χ4v) is 2.25. The molecule has 6 heteroatoms. The highest BCUT2D eigenvalue weighted by Crippen LogP contribution is 2.17. The molecule has 1 rings (SSSR count). The van der Waals surface area contributed by atoms with Gasteiger partial charge in [0.15, 0.2) is 0 Å². The minimum atomic E-state index is -0.928. The van der Waals surface area contributed by atoms with Crippen molar-refractivity contribution in [2.45, 2.75) is 45.2 Å². The van der Waals surface area contributed by atoms with Gasteiger partial charge < -0.3 is 20.1 Å². The van der Waals surface area contributed by atoms with Gasteiger partial charge in [0.05, 0.1) is 12.6 Å². The van der Waals surface area contributed by atoms with E-state index in [0.29, 0.717) is 19.6 Å². The van der Waals surface area contributed by atoms with E-state index in [9.17, 15) is 9.59 Å². The number of urea groups is 1. The first-order valence-electron chi connectivity index (χ1n) is 6.76. The molecule has 1 aliphatic rings. The second kappa shape index (κ2) is 7.33. The van der Waals surface area contributed by atoms with Crippen molar-refractivity contribution in [2.24, 2.45) is 5.92 Å². The Kier molecular flexibility index (Phi) is 6.08. The van der Waals surface area contributed by atoms with Crippen LogP contribution in [0.4, 0.5) is 4.79 Å².